The van der Waals surface area contributed by atoms with Gasteiger partial charge in [-0.05, 0) is 30.7 Å². The topological polar surface area (TPSA) is 61.4 Å². The van der Waals surface area contributed by atoms with Crippen LogP contribution >= 0.6 is 0 Å². The molecule has 0 bridgehead atoms. The lowest BCUT2D eigenvalue weighted by Gasteiger charge is -2.36. The van der Waals surface area contributed by atoms with Crippen molar-refractivity contribution in [2.75, 3.05) is 42.5 Å². The molecule has 7 heteroatoms. The summed E-state index contributed by atoms with van der Waals surface area (Å²) in [5.74, 6) is 0.263. The van der Waals surface area contributed by atoms with Crippen molar-refractivity contribution in [3.05, 3.63) is 48.0 Å². The molecule has 0 spiro atoms. The Balaban J connectivity index is 1.57. The quantitative estimate of drug-likeness (QED) is 0.901. The minimum atomic E-state index is -0.223. The zero-order valence-electron chi connectivity index (χ0n) is 14.3. The van der Waals surface area contributed by atoms with Crippen molar-refractivity contribution in [3.8, 4) is 0 Å². The van der Waals surface area contributed by atoms with Crippen molar-refractivity contribution < 1.29 is 9.18 Å². The summed E-state index contributed by atoms with van der Waals surface area (Å²) in [5, 5.41) is 2.81. The van der Waals surface area contributed by atoms with Gasteiger partial charge in [-0.3, -0.25) is 4.79 Å². The summed E-state index contributed by atoms with van der Waals surface area (Å²) in [5.41, 5.74) is 1.49. The molecule has 2 aromatic rings. The van der Waals surface area contributed by atoms with E-state index in [1.165, 1.54) is 12.1 Å². The summed E-state index contributed by atoms with van der Waals surface area (Å²) in [6, 6.07) is 6.55. The highest BCUT2D eigenvalue weighted by atomic mass is 19.1. The van der Waals surface area contributed by atoms with E-state index in [9.17, 15) is 9.18 Å². The Labute approximate surface area is 146 Å². The molecule has 1 aromatic carbocycles. The van der Waals surface area contributed by atoms with Gasteiger partial charge in [0.15, 0.2) is 0 Å². The maximum atomic E-state index is 13.0. The minimum Gasteiger partial charge on any atom is -0.368 e. The third-order valence-corrected chi connectivity index (χ3v) is 4.19. The predicted octanol–water partition coefficient (Wildman–Crippen LogP) is 2.08. The molecule has 1 saturated heterocycles. The number of amides is 1. The minimum absolute atomic E-state index is 0.144. The van der Waals surface area contributed by atoms with Gasteiger partial charge in [-0.2, -0.15) is 0 Å². The van der Waals surface area contributed by atoms with E-state index in [-0.39, 0.29) is 11.7 Å². The molecule has 1 aliphatic rings. The summed E-state index contributed by atoms with van der Waals surface area (Å²) in [7, 11) is 0. The largest absolute Gasteiger partial charge is 0.368 e. The van der Waals surface area contributed by atoms with E-state index in [2.05, 4.69) is 25.1 Å². The highest BCUT2D eigenvalue weighted by Crippen LogP contribution is 2.18. The van der Waals surface area contributed by atoms with Gasteiger partial charge in [0.2, 0.25) is 5.95 Å². The molecule has 0 unspecified atom stereocenters. The van der Waals surface area contributed by atoms with Crippen LogP contribution in [0.3, 0.4) is 0 Å². The Morgan fingerprint density at radius 2 is 1.68 bits per heavy atom. The summed E-state index contributed by atoms with van der Waals surface area (Å²) >= 11 is 0. The van der Waals surface area contributed by atoms with Gasteiger partial charge in [-0.1, -0.05) is 6.92 Å². The molecular formula is C18H22FN5O. The molecule has 0 saturated carbocycles. The van der Waals surface area contributed by atoms with E-state index in [1.54, 1.807) is 24.5 Å². The number of nitrogens with zero attached hydrogens (tertiary/aromatic N) is 4. The molecule has 3 rings (SSSR count). The molecule has 0 aliphatic carbocycles. The van der Waals surface area contributed by atoms with E-state index in [4.69, 9.17) is 0 Å². The molecule has 132 valence electrons. The van der Waals surface area contributed by atoms with Crippen molar-refractivity contribution in [3.63, 3.8) is 0 Å². The average Bonchev–Trinajstić information content (AvgIpc) is 2.67. The standard InChI is InChI=1S/C18H22FN5O/c1-2-7-20-17(25)14-12-21-18(22-13-14)24-10-8-23(9-11-24)16-5-3-15(19)4-6-16/h3-6,12-13H,2,7-11H2,1H3,(H,20,25). The van der Waals surface area contributed by atoms with Gasteiger partial charge in [0.1, 0.15) is 5.82 Å². The molecule has 1 amide bonds. The first-order valence-corrected chi connectivity index (χ1v) is 8.53. The Morgan fingerprint density at radius 3 is 2.28 bits per heavy atom. The third-order valence-electron chi connectivity index (χ3n) is 4.19. The highest BCUT2D eigenvalue weighted by molar-refractivity contribution is 5.93. The van der Waals surface area contributed by atoms with Crippen LogP contribution in [0.25, 0.3) is 0 Å². The van der Waals surface area contributed by atoms with E-state index >= 15 is 0 Å². The number of benzene rings is 1. The fourth-order valence-corrected chi connectivity index (χ4v) is 2.76. The predicted molar refractivity (Wildman–Crippen MR) is 95.5 cm³/mol. The van der Waals surface area contributed by atoms with Gasteiger partial charge in [-0.25, -0.2) is 14.4 Å². The Bertz CT molecular complexity index is 696. The number of nitrogens with one attached hydrogen (secondary N) is 1. The molecular weight excluding hydrogens is 321 g/mol. The number of halogens is 1. The molecule has 1 N–H and O–H groups in total. The number of rotatable bonds is 5. The van der Waals surface area contributed by atoms with Crippen LogP contribution in [0.5, 0.6) is 0 Å². The maximum Gasteiger partial charge on any atom is 0.254 e. The lowest BCUT2D eigenvalue weighted by Crippen LogP contribution is -2.47. The monoisotopic (exact) mass is 343 g/mol. The van der Waals surface area contributed by atoms with Gasteiger partial charge < -0.3 is 15.1 Å². The fraction of sp³-hybridized carbons (Fsp3) is 0.389. The number of aromatic nitrogens is 2. The van der Waals surface area contributed by atoms with Crippen molar-refractivity contribution in [2.24, 2.45) is 0 Å². The first kappa shape index (κ1) is 17.1. The first-order valence-electron chi connectivity index (χ1n) is 8.53. The van der Waals surface area contributed by atoms with Crippen molar-refractivity contribution in [1.82, 2.24) is 15.3 Å². The van der Waals surface area contributed by atoms with Gasteiger partial charge in [0.25, 0.3) is 5.91 Å². The van der Waals surface area contributed by atoms with Crippen LogP contribution in [0.4, 0.5) is 16.0 Å². The van der Waals surface area contributed by atoms with Crippen molar-refractivity contribution >= 4 is 17.5 Å². The number of piperazine rings is 1. The maximum absolute atomic E-state index is 13.0. The number of hydrogen-bond donors (Lipinski definition) is 1. The van der Waals surface area contributed by atoms with E-state index in [0.29, 0.717) is 18.1 Å². The first-order chi connectivity index (χ1) is 12.2. The number of hydrogen-bond acceptors (Lipinski definition) is 5. The lowest BCUT2D eigenvalue weighted by molar-refractivity contribution is 0.0953. The van der Waals surface area contributed by atoms with Crippen LogP contribution in [0.15, 0.2) is 36.7 Å². The van der Waals surface area contributed by atoms with Crippen molar-refractivity contribution in [2.45, 2.75) is 13.3 Å². The molecule has 0 radical (unpaired) electrons. The van der Waals surface area contributed by atoms with Crippen LogP contribution in [0.1, 0.15) is 23.7 Å². The summed E-state index contributed by atoms with van der Waals surface area (Å²) in [6.45, 7) is 5.83. The van der Waals surface area contributed by atoms with Crippen LogP contribution in [-0.4, -0.2) is 48.6 Å². The van der Waals surface area contributed by atoms with Crippen LogP contribution in [0.2, 0.25) is 0 Å². The van der Waals surface area contributed by atoms with E-state index in [0.717, 1.165) is 38.3 Å². The molecule has 25 heavy (non-hydrogen) atoms. The molecule has 6 nitrogen and oxygen atoms in total. The van der Waals surface area contributed by atoms with Crippen LogP contribution in [-0.2, 0) is 0 Å². The molecule has 2 heterocycles. The highest BCUT2D eigenvalue weighted by Gasteiger charge is 2.19. The van der Waals surface area contributed by atoms with Crippen LogP contribution in [0, 0.1) is 5.82 Å². The smallest absolute Gasteiger partial charge is 0.254 e. The van der Waals surface area contributed by atoms with Gasteiger partial charge in [0.05, 0.1) is 5.56 Å². The van der Waals surface area contributed by atoms with Crippen LogP contribution < -0.4 is 15.1 Å². The van der Waals surface area contributed by atoms with E-state index < -0.39 is 0 Å². The summed E-state index contributed by atoms with van der Waals surface area (Å²) < 4.78 is 13.0. The zero-order valence-corrected chi connectivity index (χ0v) is 14.3. The molecule has 0 atom stereocenters. The normalized spacial score (nSPS) is 14.5. The zero-order chi connectivity index (χ0) is 17.6. The fourth-order valence-electron chi connectivity index (χ4n) is 2.76. The Morgan fingerprint density at radius 1 is 1.08 bits per heavy atom. The SMILES string of the molecule is CCCNC(=O)c1cnc(N2CCN(c3ccc(F)cc3)CC2)nc1. The molecule has 1 aliphatic heterocycles. The molecule has 1 fully saturated rings. The van der Waals surface area contributed by atoms with Crippen molar-refractivity contribution in [1.29, 1.82) is 0 Å². The van der Waals surface area contributed by atoms with E-state index in [1.807, 2.05) is 6.92 Å². The van der Waals surface area contributed by atoms with Gasteiger partial charge in [0, 0.05) is 50.8 Å². The van der Waals surface area contributed by atoms with Gasteiger partial charge in [-0.15, -0.1) is 0 Å². The second-order valence-corrected chi connectivity index (χ2v) is 5.98. The van der Waals surface area contributed by atoms with Gasteiger partial charge >= 0.3 is 0 Å². The Kier molecular flexibility index (Phi) is 5.42. The number of carbonyl (C=O) groups excluding carboxylic acids is 1. The third kappa shape index (κ3) is 4.23. The number of anilines is 2. The Hall–Kier alpha value is -2.70. The lowest BCUT2D eigenvalue weighted by atomic mass is 10.2. The second-order valence-electron chi connectivity index (χ2n) is 5.98. The summed E-state index contributed by atoms with van der Waals surface area (Å²) in [6.07, 6.45) is 4.03. The average molecular weight is 343 g/mol. The second kappa shape index (κ2) is 7.92. The molecule has 1 aromatic heterocycles. The number of carbonyl (C=O) groups is 1. The summed E-state index contributed by atoms with van der Waals surface area (Å²) in [4.78, 5) is 24.8.